The van der Waals surface area contributed by atoms with E-state index in [2.05, 4.69) is 62.1 Å². The van der Waals surface area contributed by atoms with E-state index in [0.29, 0.717) is 66.4 Å². The Labute approximate surface area is 273 Å². The topological polar surface area (TPSA) is 132 Å². The Morgan fingerprint density at radius 3 is 2.50 bits per heavy atom. The van der Waals surface area contributed by atoms with E-state index in [0.717, 1.165) is 5.56 Å². The SMILES string of the molecule is COCCOc1ncccc1Nc1nccc(-c2cc(C#N)c3c(c2)[C@](C)(CO[Si](C)(C)C(C)(C)C)CN3C(=O)OC(C)(C)C)n1. The molecule has 1 atom stereocenters. The lowest BCUT2D eigenvalue weighted by atomic mass is 9.83. The molecule has 1 aromatic carbocycles. The lowest BCUT2D eigenvalue weighted by molar-refractivity contribution is 0.0575. The Morgan fingerprint density at radius 1 is 1.11 bits per heavy atom. The second kappa shape index (κ2) is 13.4. The fourth-order valence-electron chi connectivity index (χ4n) is 4.81. The van der Waals surface area contributed by atoms with E-state index in [1.807, 2.05) is 32.9 Å². The molecule has 11 nitrogen and oxygen atoms in total. The zero-order valence-corrected chi connectivity index (χ0v) is 29.6. The lowest BCUT2D eigenvalue weighted by Crippen LogP contribution is -2.46. The zero-order chi connectivity index (χ0) is 33.9. The second-order valence-electron chi connectivity index (χ2n) is 14.3. The molecule has 0 bridgehead atoms. The average Bonchev–Trinajstić information content (AvgIpc) is 3.28. The Bertz CT molecular complexity index is 1610. The van der Waals surface area contributed by atoms with Crippen molar-refractivity contribution >= 4 is 31.7 Å². The first kappa shape index (κ1) is 34.8. The van der Waals surface area contributed by atoms with Gasteiger partial charge in [-0.2, -0.15) is 5.26 Å². The minimum Gasteiger partial charge on any atom is -0.474 e. The molecule has 12 heteroatoms. The fraction of sp³-hybridized carbons (Fsp3) is 0.500. The number of nitriles is 1. The van der Waals surface area contributed by atoms with Crippen LogP contribution in [0.2, 0.25) is 18.1 Å². The number of carbonyl (C=O) groups is 1. The molecule has 0 fully saturated rings. The molecule has 2 aromatic heterocycles. The van der Waals surface area contributed by atoms with Crippen molar-refractivity contribution < 1.29 is 23.4 Å². The molecule has 1 aliphatic rings. The number of methoxy groups -OCH3 is 1. The predicted octanol–water partition coefficient (Wildman–Crippen LogP) is 7.21. The summed E-state index contributed by atoms with van der Waals surface area (Å²) in [6, 6.07) is 11.5. The first-order valence-corrected chi connectivity index (χ1v) is 18.3. The minimum atomic E-state index is -2.14. The summed E-state index contributed by atoms with van der Waals surface area (Å²) >= 11 is 0. The molecule has 1 amide bonds. The van der Waals surface area contributed by atoms with Crippen molar-refractivity contribution in [1.82, 2.24) is 15.0 Å². The maximum Gasteiger partial charge on any atom is 0.414 e. The van der Waals surface area contributed by atoms with Crippen molar-refractivity contribution in [2.45, 2.75) is 77.6 Å². The Balaban J connectivity index is 1.76. The summed E-state index contributed by atoms with van der Waals surface area (Å²) in [6.45, 7) is 20.0. The number of carbonyl (C=O) groups excluding carboxylic acids is 1. The second-order valence-corrected chi connectivity index (χ2v) is 19.1. The van der Waals surface area contributed by atoms with E-state index in [1.165, 1.54) is 0 Å². The number of anilines is 3. The van der Waals surface area contributed by atoms with Crippen LogP contribution in [0.1, 0.15) is 59.6 Å². The molecule has 46 heavy (non-hydrogen) atoms. The Kier molecular flexibility index (Phi) is 10.1. The van der Waals surface area contributed by atoms with Crippen molar-refractivity contribution in [3.05, 3.63) is 53.9 Å². The first-order chi connectivity index (χ1) is 21.5. The molecule has 4 rings (SSSR count). The van der Waals surface area contributed by atoms with Gasteiger partial charge in [0.05, 0.1) is 23.6 Å². The van der Waals surface area contributed by atoms with Crippen LogP contribution in [-0.4, -0.2) is 68.4 Å². The highest BCUT2D eigenvalue weighted by atomic mass is 28.4. The highest BCUT2D eigenvalue weighted by molar-refractivity contribution is 6.74. The molecule has 0 unspecified atom stereocenters. The van der Waals surface area contributed by atoms with Crippen LogP contribution in [0.15, 0.2) is 42.7 Å². The van der Waals surface area contributed by atoms with Crippen molar-refractivity contribution in [2.75, 3.05) is 43.7 Å². The molecule has 246 valence electrons. The van der Waals surface area contributed by atoms with E-state index in [4.69, 9.17) is 23.6 Å². The zero-order valence-electron chi connectivity index (χ0n) is 28.6. The molecule has 3 heterocycles. The number of hydrogen-bond donors (Lipinski definition) is 1. The highest BCUT2D eigenvalue weighted by Gasteiger charge is 2.47. The Morgan fingerprint density at radius 2 is 1.85 bits per heavy atom. The smallest absolute Gasteiger partial charge is 0.414 e. The number of aromatic nitrogens is 3. The van der Waals surface area contributed by atoms with Gasteiger partial charge in [-0.15, -0.1) is 0 Å². The number of pyridine rings is 1. The molecule has 0 radical (unpaired) electrons. The largest absolute Gasteiger partial charge is 0.474 e. The molecule has 0 saturated heterocycles. The monoisotopic (exact) mass is 646 g/mol. The molecule has 3 aromatic rings. The van der Waals surface area contributed by atoms with Gasteiger partial charge in [0.25, 0.3) is 0 Å². The van der Waals surface area contributed by atoms with E-state index in [9.17, 15) is 10.1 Å². The number of fused-ring (bicyclic) bond motifs is 1. The average molecular weight is 647 g/mol. The molecule has 0 saturated carbocycles. The minimum absolute atomic E-state index is 0.00261. The van der Waals surface area contributed by atoms with Gasteiger partial charge in [0.1, 0.15) is 24.0 Å². The maximum atomic E-state index is 13.5. The number of nitrogens with one attached hydrogen (secondary N) is 1. The number of ether oxygens (including phenoxy) is 3. The number of amides is 1. The first-order valence-electron chi connectivity index (χ1n) is 15.4. The summed E-state index contributed by atoms with van der Waals surface area (Å²) < 4.78 is 23.4. The third kappa shape index (κ3) is 7.83. The molecule has 1 N–H and O–H groups in total. The van der Waals surface area contributed by atoms with Gasteiger partial charge in [-0.1, -0.05) is 27.7 Å². The summed E-state index contributed by atoms with van der Waals surface area (Å²) in [5.74, 6) is 0.734. The standard InChI is InChI=1S/C34H46N6O5Si/c1-32(2,3)45-31(41)40-21-34(7,22-44-46(9,10)33(4,5)6)25-19-23(18-24(20-35)28(25)40)26-13-15-37-30(38-26)39-27-12-11-14-36-29(27)43-17-16-42-8/h11-15,18-19H,16-17,21-22H2,1-10H3,(H,37,38,39)/t34-/m0/s1. The maximum absolute atomic E-state index is 13.5. The van der Waals surface area contributed by atoms with E-state index in [-0.39, 0.29) is 5.04 Å². The van der Waals surface area contributed by atoms with Crippen LogP contribution >= 0.6 is 0 Å². The molecule has 0 aliphatic carbocycles. The normalized spacial score (nSPS) is 16.5. The van der Waals surface area contributed by atoms with Gasteiger partial charge in [0, 0.05) is 43.6 Å². The van der Waals surface area contributed by atoms with Crippen LogP contribution in [0, 0.1) is 11.3 Å². The molecule has 1 aliphatic heterocycles. The van der Waals surface area contributed by atoms with Crippen LogP contribution in [0.25, 0.3) is 11.3 Å². The summed E-state index contributed by atoms with van der Waals surface area (Å²) in [5.41, 5.74) is 2.34. The third-order valence-corrected chi connectivity index (χ3v) is 12.8. The van der Waals surface area contributed by atoms with Crippen LogP contribution in [0.4, 0.5) is 22.1 Å². The number of benzene rings is 1. The van der Waals surface area contributed by atoms with E-state index in [1.54, 1.807) is 42.6 Å². The third-order valence-electron chi connectivity index (χ3n) is 8.32. The van der Waals surface area contributed by atoms with E-state index >= 15 is 0 Å². The Hall–Kier alpha value is -4.05. The van der Waals surface area contributed by atoms with Gasteiger partial charge in [-0.3, -0.25) is 4.90 Å². The van der Waals surface area contributed by atoms with Gasteiger partial charge in [0.2, 0.25) is 11.8 Å². The summed E-state index contributed by atoms with van der Waals surface area (Å²) in [5, 5.41) is 13.6. The van der Waals surface area contributed by atoms with E-state index < -0.39 is 25.4 Å². The van der Waals surface area contributed by atoms with Gasteiger partial charge >= 0.3 is 6.09 Å². The molecule has 0 spiro atoms. The quantitative estimate of drug-likeness (QED) is 0.178. The lowest BCUT2D eigenvalue weighted by Gasteiger charge is -2.39. The van der Waals surface area contributed by atoms with Gasteiger partial charge < -0.3 is 24.0 Å². The van der Waals surface area contributed by atoms with Gasteiger partial charge in [-0.25, -0.2) is 19.7 Å². The van der Waals surface area contributed by atoms with Crippen LogP contribution in [-0.2, 0) is 19.3 Å². The number of hydrogen-bond acceptors (Lipinski definition) is 10. The number of rotatable bonds is 10. The van der Waals surface area contributed by atoms with Crippen LogP contribution < -0.4 is 15.0 Å². The van der Waals surface area contributed by atoms with Crippen LogP contribution in [0.3, 0.4) is 0 Å². The predicted molar refractivity (Wildman–Crippen MR) is 181 cm³/mol. The van der Waals surface area contributed by atoms with Gasteiger partial charge in [-0.05, 0) is 74.8 Å². The summed E-state index contributed by atoms with van der Waals surface area (Å²) in [4.78, 5) is 28.6. The molecular weight excluding hydrogens is 600 g/mol. The highest BCUT2D eigenvalue weighted by Crippen LogP contribution is 2.47. The van der Waals surface area contributed by atoms with Crippen molar-refractivity contribution in [3.8, 4) is 23.2 Å². The van der Waals surface area contributed by atoms with Crippen molar-refractivity contribution in [3.63, 3.8) is 0 Å². The van der Waals surface area contributed by atoms with Crippen molar-refractivity contribution in [1.29, 1.82) is 5.26 Å². The number of nitrogens with zero attached hydrogens (tertiary/aromatic N) is 5. The summed E-state index contributed by atoms with van der Waals surface area (Å²) in [7, 11) is -0.531. The summed E-state index contributed by atoms with van der Waals surface area (Å²) in [6.07, 6.45) is 2.80. The van der Waals surface area contributed by atoms with Crippen LogP contribution in [0.5, 0.6) is 5.88 Å². The molecular formula is C34H46N6O5Si. The van der Waals surface area contributed by atoms with Gasteiger partial charge in [0.15, 0.2) is 8.32 Å². The van der Waals surface area contributed by atoms with Crippen molar-refractivity contribution in [2.24, 2.45) is 0 Å². The fourth-order valence-corrected chi connectivity index (χ4v) is 5.92.